The molecular formula is C24H26BrN3O. The molecule has 0 spiro atoms. The summed E-state index contributed by atoms with van der Waals surface area (Å²) in [5.74, 6) is 0.0998. The maximum atomic E-state index is 13.5. The molecule has 2 heterocycles. The molecule has 0 N–H and O–H groups in total. The average molecular weight is 452 g/mol. The molecule has 1 aliphatic heterocycles. The second-order valence-electron chi connectivity index (χ2n) is 7.57. The van der Waals surface area contributed by atoms with Gasteiger partial charge in [0.1, 0.15) is 0 Å². The van der Waals surface area contributed by atoms with E-state index in [1.54, 1.807) is 0 Å². The molecule has 150 valence electrons. The van der Waals surface area contributed by atoms with Crippen LogP contribution in [0, 0.1) is 0 Å². The fourth-order valence-electron chi connectivity index (χ4n) is 3.86. The van der Waals surface area contributed by atoms with Gasteiger partial charge in [-0.25, -0.2) is 4.98 Å². The van der Waals surface area contributed by atoms with Crippen LogP contribution in [0.5, 0.6) is 0 Å². The van der Waals surface area contributed by atoms with Crippen molar-refractivity contribution in [2.45, 2.75) is 19.8 Å². The largest absolute Gasteiger partial charge is 0.336 e. The number of carbonyl (C=O) groups excluding carboxylic acids is 1. The van der Waals surface area contributed by atoms with Gasteiger partial charge in [0, 0.05) is 41.6 Å². The minimum Gasteiger partial charge on any atom is -0.336 e. The number of aromatic nitrogens is 1. The third-order valence-corrected chi connectivity index (χ3v) is 6.05. The van der Waals surface area contributed by atoms with Gasteiger partial charge in [-0.15, -0.1) is 0 Å². The molecule has 5 heteroatoms. The van der Waals surface area contributed by atoms with Crippen molar-refractivity contribution in [1.29, 1.82) is 0 Å². The molecule has 4 rings (SSSR count). The van der Waals surface area contributed by atoms with Crippen molar-refractivity contribution in [2.24, 2.45) is 0 Å². The van der Waals surface area contributed by atoms with Gasteiger partial charge in [0.05, 0.1) is 16.8 Å². The molecule has 1 amide bonds. The zero-order valence-corrected chi connectivity index (χ0v) is 18.4. The lowest BCUT2D eigenvalue weighted by atomic mass is 10.0. The lowest BCUT2D eigenvalue weighted by Gasteiger charge is -2.35. The molecule has 4 nitrogen and oxygen atoms in total. The van der Waals surface area contributed by atoms with Crippen LogP contribution in [0.2, 0.25) is 0 Å². The highest BCUT2D eigenvalue weighted by atomic mass is 79.9. The first-order valence-corrected chi connectivity index (χ1v) is 11.1. The Morgan fingerprint density at radius 2 is 1.79 bits per heavy atom. The normalized spacial score (nSPS) is 15.0. The van der Waals surface area contributed by atoms with Crippen LogP contribution >= 0.6 is 15.9 Å². The van der Waals surface area contributed by atoms with Crippen LogP contribution in [0.25, 0.3) is 22.2 Å². The Hall–Kier alpha value is -2.24. The average Bonchev–Trinajstić information content (AvgIpc) is 2.77. The maximum absolute atomic E-state index is 13.5. The Morgan fingerprint density at radius 3 is 2.52 bits per heavy atom. The first kappa shape index (κ1) is 20.0. The SMILES string of the molecule is CCCCN1CCN(C(=O)c2cc(-c3ccccc3)nc3ccc(Br)cc23)CC1. The number of hydrogen-bond donors (Lipinski definition) is 0. The summed E-state index contributed by atoms with van der Waals surface area (Å²) < 4.78 is 0.956. The Labute approximate surface area is 180 Å². The van der Waals surface area contributed by atoms with Gasteiger partial charge in [-0.1, -0.05) is 59.6 Å². The molecule has 3 aromatic rings. The number of halogens is 1. The summed E-state index contributed by atoms with van der Waals surface area (Å²) in [6.45, 7) is 6.80. The van der Waals surface area contributed by atoms with E-state index in [0.717, 1.165) is 64.9 Å². The van der Waals surface area contributed by atoms with Crippen LogP contribution in [0.4, 0.5) is 0 Å². The molecule has 1 fully saturated rings. The number of hydrogen-bond acceptors (Lipinski definition) is 3. The topological polar surface area (TPSA) is 36.4 Å². The smallest absolute Gasteiger partial charge is 0.254 e. The molecule has 0 aliphatic carbocycles. The molecule has 0 radical (unpaired) electrons. The molecular weight excluding hydrogens is 426 g/mol. The van der Waals surface area contributed by atoms with E-state index in [0.29, 0.717) is 0 Å². The van der Waals surface area contributed by atoms with Crippen molar-refractivity contribution in [3.05, 3.63) is 64.6 Å². The number of benzene rings is 2. The Kier molecular flexibility index (Phi) is 6.26. The number of carbonyl (C=O) groups is 1. The highest BCUT2D eigenvalue weighted by Gasteiger charge is 2.24. The summed E-state index contributed by atoms with van der Waals surface area (Å²) in [7, 11) is 0. The van der Waals surface area contributed by atoms with Gasteiger partial charge in [0.2, 0.25) is 0 Å². The molecule has 0 atom stereocenters. The van der Waals surface area contributed by atoms with Crippen molar-refractivity contribution in [3.63, 3.8) is 0 Å². The molecule has 29 heavy (non-hydrogen) atoms. The minimum absolute atomic E-state index is 0.0998. The van der Waals surface area contributed by atoms with Crippen molar-refractivity contribution in [1.82, 2.24) is 14.8 Å². The molecule has 0 bridgehead atoms. The first-order chi connectivity index (χ1) is 14.2. The highest BCUT2D eigenvalue weighted by Crippen LogP contribution is 2.28. The van der Waals surface area contributed by atoms with E-state index < -0.39 is 0 Å². The first-order valence-electron chi connectivity index (χ1n) is 10.3. The van der Waals surface area contributed by atoms with Crippen LogP contribution in [-0.4, -0.2) is 53.4 Å². The summed E-state index contributed by atoms with van der Waals surface area (Å²) in [6.07, 6.45) is 2.43. The van der Waals surface area contributed by atoms with Crippen molar-refractivity contribution in [3.8, 4) is 11.3 Å². The summed E-state index contributed by atoms with van der Waals surface area (Å²) in [4.78, 5) is 22.8. The number of piperazine rings is 1. The van der Waals surface area contributed by atoms with Crippen LogP contribution < -0.4 is 0 Å². The second-order valence-corrected chi connectivity index (χ2v) is 8.49. The minimum atomic E-state index is 0.0998. The molecule has 0 saturated carbocycles. The van der Waals surface area contributed by atoms with Crippen molar-refractivity contribution in [2.75, 3.05) is 32.7 Å². The van der Waals surface area contributed by atoms with E-state index in [1.807, 2.05) is 59.5 Å². The molecule has 1 aliphatic rings. The lowest BCUT2D eigenvalue weighted by molar-refractivity contribution is 0.0637. The fourth-order valence-corrected chi connectivity index (χ4v) is 4.22. The zero-order chi connectivity index (χ0) is 20.2. The van der Waals surface area contributed by atoms with Crippen LogP contribution in [0.1, 0.15) is 30.1 Å². The van der Waals surface area contributed by atoms with Gasteiger partial charge in [0.15, 0.2) is 0 Å². The molecule has 1 saturated heterocycles. The van der Waals surface area contributed by atoms with Crippen LogP contribution in [0.3, 0.4) is 0 Å². The number of pyridine rings is 1. The van der Waals surface area contributed by atoms with Gasteiger partial charge < -0.3 is 4.90 Å². The monoisotopic (exact) mass is 451 g/mol. The molecule has 0 unspecified atom stereocenters. The number of unbranched alkanes of at least 4 members (excludes halogenated alkanes) is 1. The lowest BCUT2D eigenvalue weighted by Crippen LogP contribution is -2.48. The Bertz CT molecular complexity index is 998. The molecule has 2 aromatic carbocycles. The van der Waals surface area contributed by atoms with E-state index >= 15 is 0 Å². The van der Waals surface area contributed by atoms with E-state index in [9.17, 15) is 4.79 Å². The predicted octanol–water partition coefficient (Wildman–Crippen LogP) is 5.22. The summed E-state index contributed by atoms with van der Waals surface area (Å²) in [5, 5.41) is 0.900. The number of nitrogens with zero attached hydrogens (tertiary/aromatic N) is 3. The van der Waals surface area contributed by atoms with Gasteiger partial charge in [0.25, 0.3) is 5.91 Å². The summed E-state index contributed by atoms with van der Waals surface area (Å²) >= 11 is 3.55. The van der Waals surface area contributed by atoms with Gasteiger partial charge >= 0.3 is 0 Å². The Balaban J connectivity index is 1.67. The summed E-state index contributed by atoms with van der Waals surface area (Å²) in [5.41, 5.74) is 3.44. The fraction of sp³-hybridized carbons (Fsp3) is 0.333. The molecule has 1 aromatic heterocycles. The number of amides is 1. The number of rotatable bonds is 5. The van der Waals surface area contributed by atoms with E-state index in [-0.39, 0.29) is 5.91 Å². The standard InChI is InChI=1S/C24H26BrN3O/c1-2-3-11-27-12-14-28(15-13-27)24(29)21-17-23(18-7-5-4-6-8-18)26-22-10-9-19(25)16-20(21)22/h4-10,16-17H,2-3,11-15H2,1H3. The third kappa shape index (κ3) is 4.51. The van der Waals surface area contributed by atoms with Crippen LogP contribution in [0.15, 0.2) is 59.1 Å². The summed E-state index contributed by atoms with van der Waals surface area (Å²) in [6, 6.07) is 18.0. The third-order valence-electron chi connectivity index (χ3n) is 5.56. The maximum Gasteiger partial charge on any atom is 0.254 e. The predicted molar refractivity (Wildman–Crippen MR) is 122 cm³/mol. The number of fused-ring (bicyclic) bond motifs is 1. The van der Waals surface area contributed by atoms with Gasteiger partial charge in [-0.05, 0) is 37.2 Å². The quantitative estimate of drug-likeness (QED) is 0.533. The van der Waals surface area contributed by atoms with E-state index in [1.165, 1.54) is 12.8 Å². The van der Waals surface area contributed by atoms with E-state index in [4.69, 9.17) is 4.98 Å². The van der Waals surface area contributed by atoms with E-state index in [2.05, 4.69) is 27.8 Å². The Morgan fingerprint density at radius 1 is 1.03 bits per heavy atom. The van der Waals surface area contributed by atoms with Gasteiger partial charge in [-0.3, -0.25) is 9.69 Å². The van der Waals surface area contributed by atoms with Crippen molar-refractivity contribution >= 4 is 32.7 Å². The zero-order valence-electron chi connectivity index (χ0n) is 16.8. The highest BCUT2D eigenvalue weighted by molar-refractivity contribution is 9.10. The van der Waals surface area contributed by atoms with Gasteiger partial charge in [-0.2, -0.15) is 0 Å². The van der Waals surface area contributed by atoms with Crippen molar-refractivity contribution < 1.29 is 4.79 Å². The van der Waals surface area contributed by atoms with Crippen LogP contribution in [-0.2, 0) is 0 Å². The second kappa shape index (κ2) is 9.06.